The molecule has 0 saturated carbocycles. The molecule has 1 aliphatic carbocycles. The van der Waals surface area contributed by atoms with Crippen molar-refractivity contribution in [2.75, 3.05) is 14.7 Å². The van der Waals surface area contributed by atoms with Crippen molar-refractivity contribution in [1.82, 2.24) is 0 Å². The van der Waals surface area contributed by atoms with Crippen LogP contribution in [0.15, 0.2) is 169 Å². The number of para-hydroxylation sites is 2. The topological polar surface area (TPSA) is 9.72 Å². The van der Waals surface area contributed by atoms with Crippen LogP contribution in [0.2, 0.25) is 0 Å². The SMILES string of the molecule is [2H]c1c([2H])c([2H])c(N(c2cc3c4c(c2)N(c2c([2H])c([2H])c5c(c2[2H])C(C)(C)CCC5(C)C)c2c(sc5c([2H])c([2H])c(C(C)(C)C)c([2H])c25)B4c2c([2H])c(C(C)(C)C)c([2H])c([2H])c2N3c2c([2H])c([2H])c(C(C)(C)C)c([2H])c2-c2c([2H])c([2H])c(C(C)(C)C)c([2H])c2[2H])c2c([2H])c([2H])c([2H])c([2H])c2[2H])c([2H])c1[2H]. The maximum Gasteiger partial charge on any atom is 0.264 e. The maximum atomic E-state index is 10.9. The third-order valence-corrected chi connectivity index (χ3v) is 16.7. The Morgan fingerprint density at radius 2 is 0.987 bits per heavy atom. The van der Waals surface area contributed by atoms with Crippen LogP contribution in [-0.2, 0) is 32.5 Å². The Morgan fingerprint density at radius 1 is 0.481 bits per heavy atom. The average molecular weight is 1080 g/mol. The minimum atomic E-state index is -1.54. The van der Waals surface area contributed by atoms with Crippen LogP contribution in [0, 0.1) is 0 Å². The van der Waals surface area contributed by atoms with E-state index in [2.05, 4.69) is 0 Å². The molecule has 9 aromatic rings. The molecule has 12 rings (SSSR count). The van der Waals surface area contributed by atoms with Gasteiger partial charge in [-0.2, -0.15) is 0 Å². The Kier molecular flexibility index (Phi) is 7.13. The van der Waals surface area contributed by atoms with E-state index in [-0.39, 0.29) is 107 Å². The van der Waals surface area contributed by atoms with E-state index in [0.29, 0.717) is 24.0 Å². The number of nitrogens with zero attached hydrogens (tertiary/aromatic N) is 3. The van der Waals surface area contributed by atoms with E-state index in [1.807, 2.05) is 27.7 Å². The number of hydrogen-bond acceptors (Lipinski definition) is 4. The average Bonchev–Trinajstić information content (AvgIpc) is 1.66. The third-order valence-electron chi connectivity index (χ3n) is 15.5. The van der Waals surface area contributed by atoms with E-state index in [0.717, 1.165) is 16.2 Å². The van der Waals surface area contributed by atoms with Gasteiger partial charge in [0.15, 0.2) is 0 Å². The van der Waals surface area contributed by atoms with Gasteiger partial charge in [-0.1, -0.05) is 201 Å². The summed E-state index contributed by atoms with van der Waals surface area (Å²) in [5.74, 6) is 0. The molecule has 3 heterocycles. The first kappa shape index (κ1) is 30.7. The molecule has 1 aromatic heterocycles. The van der Waals surface area contributed by atoms with Gasteiger partial charge >= 0.3 is 0 Å². The van der Waals surface area contributed by atoms with Crippen molar-refractivity contribution in [1.29, 1.82) is 0 Å². The molecule has 5 heteroatoms. The quantitative estimate of drug-likeness (QED) is 0.154. The highest BCUT2D eigenvalue weighted by molar-refractivity contribution is 7.33. The number of benzene rings is 8. The van der Waals surface area contributed by atoms with Gasteiger partial charge in [-0.05, 0) is 174 Å². The number of hydrogen-bond donors (Lipinski definition) is 0. The van der Waals surface area contributed by atoms with Gasteiger partial charge in [-0.25, -0.2) is 0 Å². The lowest BCUT2D eigenvalue weighted by atomic mass is 9.36. The van der Waals surface area contributed by atoms with Gasteiger partial charge in [0, 0.05) is 54.6 Å². The summed E-state index contributed by atoms with van der Waals surface area (Å²) in [6.45, 7) is 26.7. The molecular formula is C74H80BN3S. The summed E-state index contributed by atoms with van der Waals surface area (Å²) < 4.78 is 259. The molecule has 8 aromatic carbocycles. The zero-order valence-electron chi connectivity index (χ0n) is 73.9. The second kappa shape index (κ2) is 18.4. The molecule has 2 aliphatic heterocycles. The van der Waals surface area contributed by atoms with Crippen molar-refractivity contribution >= 4 is 95.0 Å². The highest BCUT2D eigenvalue weighted by atomic mass is 32.1. The van der Waals surface area contributed by atoms with Gasteiger partial charge in [-0.3, -0.25) is 0 Å². The molecule has 0 fully saturated rings. The largest absolute Gasteiger partial charge is 0.311 e. The maximum absolute atomic E-state index is 10.9. The van der Waals surface area contributed by atoms with Crippen LogP contribution < -0.4 is 30.4 Å². The monoisotopic (exact) mass is 1080 g/mol. The van der Waals surface area contributed by atoms with Crippen molar-refractivity contribution in [2.45, 2.75) is 156 Å². The van der Waals surface area contributed by atoms with Crippen molar-refractivity contribution in [3.05, 3.63) is 203 Å². The highest BCUT2D eigenvalue weighted by Crippen LogP contribution is 2.55. The molecule has 79 heavy (non-hydrogen) atoms. The normalized spacial score (nSPS) is 20.2. The Hall–Kier alpha value is -6.82. The minimum absolute atomic E-state index is 0.00618. The summed E-state index contributed by atoms with van der Waals surface area (Å²) in [7, 11) is 0. The number of thiophene rings is 1. The molecule has 0 amide bonds. The molecule has 0 spiro atoms. The molecule has 400 valence electrons. The van der Waals surface area contributed by atoms with Crippen molar-refractivity contribution in [3.63, 3.8) is 0 Å². The van der Waals surface area contributed by atoms with Gasteiger partial charge in [0.25, 0.3) is 6.71 Å². The fraction of sp³-hybridized carbons (Fsp3) is 0.324. The standard InChI is InChI=1S/C74H80BN3S/c1-69(2,3)48-29-27-47(28-30-48)56-41-49(70(4,5)6)31-36-61(56)78-62-37-32-51(72(10,11)12)43-60(62)75-66-63(45-55(46-64(66)78)76(52-23-19-17-20-24-52)53-25-21-18-22-26-53)77(54-34-35-58-59(44-54)74(15,16)40-39-73(58,13)14)67-57-42-50(71(7,8)9)33-38-65(57)79-68(67)75/h17-38,41-46H,39-40H2,1-16H3/i17D,18D,19D,20D,21D,22D,23D,24D,25D,26D,27D,28D,29D,30D,31D,32D,33D,34D,35D,36D,37D,38D,41D,42D,43D,44D. The number of fused-ring (bicyclic) bond motifs is 7. The lowest BCUT2D eigenvalue weighted by Crippen LogP contribution is -2.60. The summed E-state index contributed by atoms with van der Waals surface area (Å²) in [5.41, 5.74) is -10.8. The molecule has 0 radical (unpaired) electrons. The van der Waals surface area contributed by atoms with E-state index in [1.165, 1.54) is 21.9 Å². The molecule has 3 nitrogen and oxygen atoms in total. The van der Waals surface area contributed by atoms with E-state index in [4.69, 9.17) is 2.74 Å². The fourth-order valence-corrected chi connectivity index (χ4v) is 12.0. The van der Waals surface area contributed by atoms with E-state index < -0.39 is 200 Å². The molecule has 0 unspecified atom stereocenters. The van der Waals surface area contributed by atoms with Gasteiger partial charge in [0.2, 0.25) is 0 Å². The zero-order chi connectivity index (χ0) is 78.6. The van der Waals surface area contributed by atoms with Crippen LogP contribution in [-0.4, -0.2) is 6.71 Å². The first-order valence-corrected chi connectivity index (χ1v) is 27.7. The summed E-state index contributed by atoms with van der Waals surface area (Å²) in [6.07, 6.45) is 1.01. The van der Waals surface area contributed by atoms with Crippen molar-refractivity contribution in [2.24, 2.45) is 0 Å². The predicted molar refractivity (Wildman–Crippen MR) is 346 cm³/mol. The second-order valence-corrected chi connectivity index (χ2v) is 27.6. The van der Waals surface area contributed by atoms with Crippen molar-refractivity contribution < 1.29 is 35.6 Å². The Bertz CT molecular complexity index is 5260. The fourth-order valence-electron chi connectivity index (χ4n) is 10.8. The van der Waals surface area contributed by atoms with Crippen LogP contribution in [0.4, 0.5) is 51.2 Å². The molecular weight excluding hydrogens is 974 g/mol. The summed E-state index contributed by atoms with van der Waals surface area (Å²) in [6, 6.07) is -15.0. The van der Waals surface area contributed by atoms with E-state index in [1.54, 1.807) is 83.1 Å². The Labute approximate surface area is 514 Å². The van der Waals surface area contributed by atoms with Crippen LogP contribution in [0.5, 0.6) is 0 Å². The Balaban J connectivity index is 1.48. The van der Waals surface area contributed by atoms with Crippen LogP contribution in [0.3, 0.4) is 0 Å². The lowest BCUT2D eigenvalue weighted by molar-refractivity contribution is 0.332. The summed E-state index contributed by atoms with van der Waals surface area (Å²) in [5, 5.41) is -0.0164. The predicted octanol–water partition coefficient (Wildman–Crippen LogP) is 19.7. The molecule has 0 bridgehead atoms. The first-order chi connectivity index (χ1) is 48.1. The van der Waals surface area contributed by atoms with Gasteiger partial charge < -0.3 is 14.7 Å². The van der Waals surface area contributed by atoms with Crippen LogP contribution in [0.25, 0.3) is 21.2 Å². The van der Waals surface area contributed by atoms with Crippen LogP contribution >= 0.6 is 11.3 Å². The molecule has 0 atom stereocenters. The van der Waals surface area contributed by atoms with Gasteiger partial charge in [-0.15, -0.1) is 11.3 Å². The van der Waals surface area contributed by atoms with Crippen LogP contribution in [0.1, 0.15) is 193 Å². The second-order valence-electron chi connectivity index (χ2n) is 26.5. The van der Waals surface area contributed by atoms with Gasteiger partial charge in [0.05, 0.1) is 52.7 Å². The smallest absolute Gasteiger partial charge is 0.264 e. The van der Waals surface area contributed by atoms with Crippen molar-refractivity contribution in [3.8, 4) is 11.1 Å². The highest BCUT2D eigenvalue weighted by Gasteiger charge is 2.47. The summed E-state index contributed by atoms with van der Waals surface area (Å²) in [4.78, 5) is 3.47. The third kappa shape index (κ3) is 9.04. The Morgan fingerprint density at radius 3 is 1.57 bits per heavy atom. The molecule has 3 aliphatic rings. The minimum Gasteiger partial charge on any atom is -0.311 e. The lowest BCUT2D eigenvalue weighted by Gasteiger charge is -2.46. The first-order valence-electron chi connectivity index (χ1n) is 39.9. The van der Waals surface area contributed by atoms with Gasteiger partial charge in [0.1, 0.15) is 0 Å². The van der Waals surface area contributed by atoms with E-state index in [9.17, 15) is 32.9 Å². The molecule has 0 N–H and O–H groups in total. The molecule has 0 saturated heterocycles. The summed E-state index contributed by atoms with van der Waals surface area (Å²) >= 11 is 0.927. The van der Waals surface area contributed by atoms with E-state index >= 15 is 0 Å². The zero-order valence-corrected chi connectivity index (χ0v) is 48.7. The number of rotatable bonds is 6. The number of anilines is 9.